The van der Waals surface area contributed by atoms with Crippen molar-refractivity contribution in [3.05, 3.63) is 35.9 Å². The van der Waals surface area contributed by atoms with Gasteiger partial charge in [0.25, 0.3) is 5.91 Å². The monoisotopic (exact) mass is 319 g/mol. The summed E-state index contributed by atoms with van der Waals surface area (Å²) in [4.78, 5) is 24.1. The van der Waals surface area contributed by atoms with Crippen LogP contribution in [0.3, 0.4) is 0 Å². The second kappa shape index (κ2) is 8.67. The smallest absolute Gasteiger partial charge is 0.308 e. The van der Waals surface area contributed by atoms with Crippen LogP contribution in [-0.2, 0) is 14.3 Å². The summed E-state index contributed by atoms with van der Waals surface area (Å²) in [6.07, 6.45) is 4.60. The maximum Gasteiger partial charge on any atom is 0.308 e. The summed E-state index contributed by atoms with van der Waals surface area (Å²) in [6.45, 7) is 0. The molecule has 0 spiro atoms. The van der Waals surface area contributed by atoms with Crippen LogP contribution in [0.2, 0.25) is 0 Å². The number of nitrogens with one attached hydrogen (secondary N) is 1. The normalized spacial score (nSPS) is 23.3. The summed E-state index contributed by atoms with van der Waals surface area (Å²) in [5.41, 5.74) is 0.769. The number of methoxy groups -OCH3 is 1. The van der Waals surface area contributed by atoms with E-state index in [1.807, 2.05) is 30.3 Å². The zero-order valence-corrected chi connectivity index (χ0v) is 13.5. The topological polar surface area (TPSA) is 75.6 Å². The maximum atomic E-state index is 12.6. The maximum absolute atomic E-state index is 12.6. The van der Waals surface area contributed by atoms with Gasteiger partial charge in [0.05, 0.1) is 5.92 Å². The average Bonchev–Trinajstić information content (AvgIpc) is 2.51. The van der Waals surface area contributed by atoms with E-state index in [1.165, 1.54) is 7.11 Å². The third-order valence-corrected chi connectivity index (χ3v) is 4.49. The van der Waals surface area contributed by atoms with Crippen molar-refractivity contribution in [3.63, 3.8) is 0 Å². The van der Waals surface area contributed by atoms with Crippen LogP contribution in [0.25, 0.3) is 0 Å². The molecule has 5 nitrogen and oxygen atoms in total. The third kappa shape index (κ3) is 4.79. The molecule has 0 radical (unpaired) electrons. The van der Waals surface area contributed by atoms with Gasteiger partial charge in [0.2, 0.25) is 0 Å². The van der Waals surface area contributed by atoms with Crippen molar-refractivity contribution >= 4 is 11.9 Å². The molecule has 3 atom stereocenters. The van der Waals surface area contributed by atoms with Crippen molar-refractivity contribution in [1.29, 1.82) is 0 Å². The molecule has 0 aliphatic heterocycles. The van der Waals surface area contributed by atoms with E-state index in [4.69, 9.17) is 4.74 Å². The van der Waals surface area contributed by atoms with Crippen LogP contribution < -0.4 is 5.32 Å². The first-order valence-corrected chi connectivity index (χ1v) is 8.24. The Morgan fingerprint density at radius 2 is 1.78 bits per heavy atom. The molecule has 1 aliphatic carbocycles. The van der Waals surface area contributed by atoms with E-state index in [-0.39, 0.29) is 11.9 Å². The third-order valence-electron chi connectivity index (χ3n) is 4.49. The second-order valence-electron chi connectivity index (χ2n) is 6.08. The molecule has 1 amide bonds. The van der Waals surface area contributed by atoms with Crippen molar-refractivity contribution in [1.82, 2.24) is 5.32 Å². The van der Waals surface area contributed by atoms with Gasteiger partial charge in [-0.2, -0.15) is 0 Å². The molecule has 126 valence electrons. The van der Waals surface area contributed by atoms with Gasteiger partial charge in [0, 0.05) is 13.2 Å². The quantitative estimate of drug-likeness (QED) is 0.875. The zero-order chi connectivity index (χ0) is 16.7. The average molecular weight is 319 g/mol. The Morgan fingerprint density at radius 3 is 2.39 bits per heavy atom. The minimum Gasteiger partial charge on any atom is -0.481 e. The molecule has 1 fully saturated rings. The van der Waals surface area contributed by atoms with Gasteiger partial charge in [-0.15, -0.1) is 0 Å². The summed E-state index contributed by atoms with van der Waals surface area (Å²) in [5.74, 6) is -1.62. The lowest BCUT2D eigenvalue weighted by Gasteiger charge is -2.28. The lowest BCUT2D eigenvalue weighted by Crippen LogP contribution is -2.45. The fraction of sp³-hybridized carbons (Fsp3) is 0.556. The van der Waals surface area contributed by atoms with Gasteiger partial charge in [-0.3, -0.25) is 9.59 Å². The first-order valence-electron chi connectivity index (χ1n) is 8.24. The van der Waals surface area contributed by atoms with Crippen molar-refractivity contribution < 1.29 is 19.4 Å². The number of hydrogen-bond donors (Lipinski definition) is 2. The van der Waals surface area contributed by atoms with E-state index in [1.54, 1.807) is 0 Å². The molecular formula is C18H25NO4. The highest BCUT2D eigenvalue weighted by Crippen LogP contribution is 2.25. The largest absolute Gasteiger partial charge is 0.481 e. The van der Waals surface area contributed by atoms with Crippen LogP contribution in [0.5, 0.6) is 0 Å². The Hall–Kier alpha value is -1.88. The van der Waals surface area contributed by atoms with Gasteiger partial charge < -0.3 is 15.2 Å². The molecule has 2 N–H and O–H groups in total. The Balaban J connectivity index is 2.09. The number of ether oxygens (including phenoxy) is 1. The van der Waals surface area contributed by atoms with E-state index in [9.17, 15) is 14.7 Å². The van der Waals surface area contributed by atoms with Gasteiger partial charge in [-0.05, 0) is 18.4 Å². The molecule has 23 heavy (non-hydrogen) atoms. The van der Waals surface area contributed by atoms with Crippen molar-refractivity contribution in [2.45, 2.75) is 50.7 Å². The Morgan fingerprint density at radius 1 is 1.13 bits per heavy atom. The fourth-order valence-corrected chi connectivity index (χ4v) is 3.23. The molecule has 1 aromatic carbocycles. The van der Waals surface area contributed by atoms with Crippen LogP contribution >= 0.6 is 0 Å². The van der Waals surface area contributed by atoms with Crippen LogP contribution in [0.15, 0.2) is 30.3 Å². The van der Waals surface area contributed by atoms with E-state index >= 15 is 0 Å². The number of carboxylic acid groups (broad SMARTS) is 1. The van der Waals surface area contributed by atoms with E-state index in [0.717, 1.165) is 31.2 Å². The number of hydrogen-bond acceptors (Lipinski definition) is 3. The molecule has 1 saturated carbocycles. The summed E-state index contributed by atoms with van der Waals surface area (Å²) >= 11 is 0. The summed E-state index contributed by atoms with van der Waals surface area (Å²) in [6, 6.07) is 8.92. The Bertz CT molecular complexity index is 517. The van der Waals surface area contributed by atoms with E-state index in [0.29, 0.717) is 12.8 Å². The van der Waals surface area contributed by atoms with Gasteiger partial charge in [-0.25, -0.2) is 0 Å². The number of rotatable bonds is 5. The number of carbonyl (C=O) groups is 2. The molecule has 2 rings (SSSR count). The van der Waals surface area contributed by atoms with Gasteiger partial charge >= 0.3 is 5.97 Å². The van der Waals surface area contributed by atoms with E-state index in [2.05, 4.69) is 5.32 Å². The lowest BCUT2D eigenvalue weighted by atomic mass is 9.86. The molecule has 3 unspecified atom stereocenters. The predicted octanol–water partition coefficient (Wildman–Crippen LogP) is 2.91. The molecule has 1 aromatic rings. The van der Waals surface area contributed by atoms with E-state index < -0.39 is 18.0 Å². The minimum absolute atomic E-state index is 0.268. The van der Waals surface area contributed by atoms with Crippen LogP contribution in [0.4, 0.5) is 0 Å². The lowest BCUT2D eigenvalue weighted by molar-refractivity contribution is -0.144. The highest BCUT2D eigenvalue weighted by Gasteiger charge is 2.32. The number of benzene rings is 1. The van der Waals surface area contributed by atoms with Crippen LogP contribution in [-0.4, -0.2) is 30.1 Å². The minimum atomic E-state index is -0.828. The van der Waals surface area contributed by atoms with Crippen molar-refractivity contribution in [3.8, 4) is 0 Å². The van der Waals surface area contributed by atoms with Crippen molar-refractivity contribution in [2.24, 2.45) is 5.92 Å². The predicted molar refractivity (Wildman–Crippen MR) is 87.0 cm³/mol. The molecule has 0 aromatic heterocycles. The molecule has 1 aliphatic rings. The second-order valence-corrected chi connectivity index (χ2v) is 6.08. The number of aliphatic carboxylic acids is 1. The molecule has 0 heterocycles. The highest BCUT2D eigenvalue weighted by molar-refractivity contribution is 5.83. The Labute approximate surface area is 137 Å². The number of carboxylic acids is 1. The Kier molecular flexibility index (Phi) is 6.59. The molecular weight excluding hydrogens is 294 g/mol. The van der Waals surface area contributed by atoms with Gasteiger partial charge in [0.15, 0.2) is 6.10 Å². The molecule has 0 saturated heterocycles. The standard InChI is InChI=1S/C18H25NO4/c1-23-16(13-9-5-4-6-10-13)17(20)19-15-12-8-3-2-7-11-14(15)18(21)22/h4-6,9-10,14-16H,2-3,7-8,11-12H2,1H3,(H,19,20)(H,21,22). The van der Waals surface area contributed by atoms with Gasteiger partial charge in [0.1, 0.15) is 0 Å². The summed E-state index contributed by atoms with van der Waals surface area (Å²) in [5, 5.41) is 12.4. The number of carbonyl (C=O) groups excluding carboxylic acids is 1. The van der Waals surface area contributed by atoms with Crippen molar-refractivity contribution in [2.75, 3.05) is 7.11 Å². The summed E-state index contributed by atoms with van der Waals surface area (Å²) in [7, 11) is 1.49. The van der Waals surface area contributed by atoms with Crippen LogP contribution in [0.1, 0.15) is 50.2 Å². The fourth-order valence-electron chi connectivity index (χ4n) is 3.23. The summed E-state index contributed by atoms with van der Waals surface area (Å²) < 4.78 is 5.33. The van der Waals surface area contributed by atoms with Crippen LogP contribution in [0, 0.1) is 5.92 Å². The number of amides is 1. The zero-order valence-electron chi connectivity index (χ0n) is 13.5. The van der Waals surface area contributed by atoms with Gasteiger partial charge in [-0.1, -0.05) is 56.0 Å². The first kappa shape index (κ1) is 17.5. The highest BCUT2D eigenvalue weighted by atomic mass is 16.5. The molecule has 0 bridgehead atoms. The first-order chi connectivity index (χ1) is 11.1. The molecule has 5 heteroatoms. The SMILES string of the molecule is COC(C(=O)NC1CCCCCCC1C(=O)O)c1ccccc1.